The number of rotatable bonds is 7. The summed E-state index contributed by atoms with van der Waals surface area (Å²) in [5.41, 5.74) is 1.30. The van der Waals surface area contributed by atoms with E-state index in [1.54, 1.807) is 0 Å². The first-order chi connectivity index (χ1) is 17.6. The Bertz CT molecular complexity index is 1390. The average molecular weight is 828 g/mol. The molecule has 0 aliphatic carbocycles. The van der Waals surface area contributed by atoms with Crippen LogP contribution < -0.4 is 9.81 Å². The normalized spacial score (nSPS) is 11.1. The second-order valence-corrected chi connectivity index (χ2v) is 20.4. The molecule has 0 aliphatic rings. The first kappa shape index (κ1) is 26.3. The molecular formula is C31H23BiBr2S2. The molecular weight excluding hydrogens is 805 g/mol. The molecule has 0 spiro atoms. The van der Waals surface area contributed by atoms with Gasteiger partial charge in [0.2, 0.25) is 0 Å². The molecule has 5 aromatic rings. The third-order valence-electron chi connectivity index (χ3n) is 5.62. The van der Waals surface area contributed by atoms with E-state index in [-0.39, 0.29) is 0 Å². The average Bonchev–Trinajstić information content (AvgIpc) is 2.90. The molecule has 5 aromatic carbocycles. The molecule has 36 heavy (non-hydrogen) atoms. The minimum atomic E-state index is -2.68. The summed E-state index contributed by atoms with van der Waals surface area (Å²) < 4.78 is 6.79. The van der Waals surface area contributed by atoms with Crippen molar-refractivity contribution in [2.24, 2.45) is 0 Å². The standard InChI is InChI=1S/2C12H8BrS.C7H7.Bi/c2*13-11-8-4-5-9-12(11)14-10-6-2-1-3-7-10;1-7-5-3-2-4-6-7;/h2*1-6,8-9H;3-6H,1H3;. The van der Waals surface area contributed by atoms with E-state index in [0.29, 0.717) is 0 Å². The Hall–Kier alpha value is -1.36. The van der Waals surface area contributed by atoms with Crippen molar-refractivity contribution in [1.82, 2.24) is 0 Å². The van der Waals surface area contributed by atoms with Crippen LogP contribution >= 0.6 is 55.4 Å². The van der Waals surface area contributed by atoms with Crippen LogP contribution in [0.25, 0.3) is 0 Å². The Labute approximate surface area is 246 Å². The first-order valence-electron chi connectivity index (χ1n) is 11.5. The monoisotopic (exact) mass is 826 g/mol. The Balaban J connectivity index is 1.66. The van der Waals surface area contributed by atoms with E-state index in [2.05, 4.69) is 160 Å². The van der Waals surface area contributed by atoms with Crippen LogP contribution in [0.5, 0.6) is 0 Å². The van der Waals surface area contributed by atoms with Gasteiger partial charge in [0.25, 0.3) is 0 Å². The maximum atomic E-state index is 3.76. The molecule has 0 aliphatic heterocycles. The Morgan fingerprint density at radius 1 is 0.472 bits per heavy atom. The number of aryl methyl sites for hydroxylation is 1. The number of halogens is 2. The molecule has 0 bridgehead atoms. The molecule has 0 unspecified atom stereocenters. The van der Waals surface area contributed by atoms with Gasteiger partial charge in [-0.15, -0.1) is 0 Å². The van der Waals surface area contributed by atoms with E-state index in [4.69, 9.17) is 0 Å². The summed E-state index contributed by atoms with van der Waals surface area (Å²) in [5.74, 6) is 0. The van der Waals surface area contributed by atoms with E-state index in [1.807, 2.05) is 23.5 Å². The van der Waals surface area contributed by atoms with E-state index in [9.17, 15) is 0 Å². The van der Waals surface area contributed by atoms with Crippen LogP contribution in [0.3, 0.4) is 0 Å². The summed E-state index contributed by atoms with van der Waals surface area (Å²) in [6, 6.07) is 44.3. The molecule has 0 radical (unpaired) electrons. The zero-order valence-electron chi connectivity index (χ0n) is 19.6. The van der Waals surface area contributed by atoms with Gasteiger partial charge in [-0.05, 0) is 0 Å². The third-order valence-corrected chi connectivity index (χ3v) is 21.0. The topological polar surface area (TPSA) is 0 Å². The fraction of sp³-hybridized carbons (Fsp3) is 0.0323. The van der Waals surface area contributed by atoms with Crippen molar-refractivity contribution in [3.63, 3.8) is 0 Å². The SMILES string of the molecule is Cc1cc[c]([Bi]([c]2ccccc2Sc2ccccc2Br)[c]2ccccc2Sc2ccccc2Br)cc1. The van der Waals surface area contributed by atoms with Gasteiger partial charge < -0.3 is 0 Å². The Morgan fingerprint density at radius 3 is 1.31 bits per heavy atom. The van der Waals surface area contributed by atoms with Gasteiger partial charge in [0.05, 0.1) is 0 Å². The van der Waals surface area contributed by atoms with Crippen LogP contribution in [0.4, 0.5) is 0 Å². The molecule has 0 atom stereocenters. The van der Waals surface area contributed by atoms with Crippen molar-refractivity contribution < 1.29 is 0 Å². The molecule has 0 N–H and O–H groups in total. The van der Waals surface area contributed by atoms with Crippen LogP contribution in [-0.2, 0) is 0 Å². The van der Waals surface area contributed by atoms with Crippen LogP contribution in [-0.4, -0.2) is 21.8 Å². The first-order valence-corrected chi connectivity index (χ1v) is 19.9. The fourth-order valence-electron chi connectivity index (χ4n) is 3.85. The van der Waals surface area contributed by atoms with Crippen LogP contribution in [0, 0.1) is 6.92 Å². The summed E-state index contributed by atoms with van der Waals surface area (Å²) in [4.78, 5) is 5.19. The molecule has 5 rings (SSSR count). The number of hydrogen-bond donors (Lipinski definition) is 0. The van der Waals surface area contributed by atoms with Crippen LogP contribution in [0.1, 0.15) is 5.56 Å². The second-order valence-electron chi connectivity index (χ2n) is 8.17. The van der Waals surface area contributed by atoms with Gasteiger partial charge in [-0.2, -0.15) is 0 Å². The molecule has 0 fully saturated rings. The van der Waals surface area contributed by atoms with Gasteiger partial charge in [-0.3, -0.25) is 0 Å². The van der Waals surface area contributed by atoms with Gasteiger partial charge in [0, 0.05) is 0 Å². The van der Waals surface area contributed by atoms with E-state index >= 15 is 0 Å². The van der Waals surface area contributed by atoms with Gasteiger partial charge in [0.15, 0.2) is 0 Å². The number of hydrogen-bond acceptors (Lipinski definition) is 2. The molecule has 5 heteroatoms. The zero-order valence-corrected chi connectivity index (χ0v) is 27.8. The zero-order chi connectivity index (χ0) is 24.9. The van der Waals surface area contributed by atoms with Crippen molar-refractivity contribution >= 4 is 86.9 Å². The van der Waals surface area contributed by atoms with Gasteiger partial charge in [-0.25, -0.2) is 0 Å². The minimum absolute atomic E-state index is 1.14. The third kappa shape index (κ3) is 6.19. The second kappa shape index (κ2) is 12.5. The van der Waals surface area contributed by atoms with Gasteiger partial charge >= 0.3 is 249 Å². The van der Waals surface area contributed by atoms with Crippen LogP contribution in [0.2, 0.25) is 0 Å². The Morgan fingerprint density at radius 2 is 0.861 bits per heavy atom. The molecule has 0 saturated carbocycles. The van der Waals surface area contributed by atoms with Crippen molar-refractivity contribution in [2.45, 2.75) is 26.5 Å². The predicted molar refractivity (Wildman–Crippen MR) is 165 cm³/mol. The molecule has 0 nitrogen and oxygen atoms in total. The molecule has 0 heterocycles. The van der Waals surface area contributed by atoms with Crippen molar-refractivity contribution in [3.05, 3.63) is 136 Å². The Kier molecular flexibility index (Phi) is 9.09. The van der Waals surface area contributed by atoms with Crippen LogP contribution in [0.15, 0.2) is 150 Å². The van der Waals surface area contributed by atoms with E-state index in [0.717, 1.165) is 8.95 Å². The predicted octanol–water partition coefficient (Wildman–Crippen LogP) is 8.34. The molecule has 178 valence electrons. The van der Waals surface area contributed by atoms with Crippen molar-refractivity contribution in [2.75, 3.05) is 0 Å². The summed E-state index contributed by atoms with van der Waals surface area (Å²) in [7, 11) is 0. The molecule has 0 saturated heterocycles. The quantitative estimate of drug-likeness (QED) is 0.152. The summed E-state index contributed by atoms with van der Waals surface area (Å²) >= 11 is 8.56. The summed E-state index contributed by atoms with van der Waals surface area (Å²) in [6.45, 7) is 2.17. The van der Waals surface area contributed by atoms with E-state index < -0.39 is 21.8 Å². The molecule has 0 amide bonds. The van der Waals surface area contributed by atoms with E-state index in [1.165, 1.54) is 35.0 Å². The van der Waals surface area contributed by atoms with Crippen molar-refractivity contribution in [3.8, 4) is 0 Å². The summed E-state index contributed by atoms with van der Waals surface area (Å²) in [6.07, 6.45) is 0. The number of benzene rings is 5. The van der Waals surface area contributed by atoms with Crippen molar-refractivity contribution in [1.29, 1.82) is 0 Å². The fourth-order valence-corrected chi connectivity index (χ4v) is 18.3. The summed E-state index contributed by atoms with van der Waals surface area (Å²) in [5, 5.41) is 0. The van der Waals surface area contributed by atoms with Gasteiger partial charge in [-0.1, -0.05) is 0 Å². The molecule has 0 aromatic heterocycles. The maximum absolute atomic E-state index is 3.76. The van der Waals surface area contributed by atoms with Gasteiger partial charge in [0.1, 0.15) is 0 Å².